The largest absolute Gasteiger partial charge is 0.459 e. The highest BCUT2D eigenvalue weighted by molar-refractivity contribution is 5.70. The number of aldehydes is 1. The van der Waals surface area contributed by atoms with Gasteiger partial charge in [-0.05, 0) is 17.2 Å². The van der Waals surface area contributed by atoms with Crippen molar-refractivity contribution in [1.29, 1.82) is 0 Å². The van der Waals surface area contributed by atoms with Crippen molar-refractivity contribution in [3.63, 3.8) is 0 Å². The maximum atomic E-state index is 11.7. The summed E-state index contributed by atoms with van der Waals surface area (Å²) in [6.45, 7) is 2.19. The summed E-state index contributed by atoms with van der Waals surface area (Å²) in [5, 5.41) is 3.31. The van der Waals surface area contributed by atoms with E-state index in [0.717, 1.165) is 41.9 Å². The number of benzene rings is 2. The van der Waals surface area contributed by atoms with Crippen LogP contribution in [0.1, 0.15) is 22.6 Å². The molecule has 4 rings (SSSR count). The van der Waals surface area contributed by atoms with E-state index in [2.05, 4.69) is 23.5 Å². The van der Waals surface area contributed by atoms with Crippen LogP contribution in [0.25, 0.3) is 0 Å². The van der Waals surface area contributed by atoms with E-state index < -0.39 is 0 Å². The van der Waals surface area contributed by atoms with Gasteiger partial charge in [0.25, 0.3) is 0 Å². The molecule has 0 aromatic heterocycles. The smallest absolute Gasteiger partial charge is 0.134 e. The Balaban J connectivity index is 1.67. The third-order valence-electron chi connectivity index (χ3n) is 4.68. The Kier molecular flexibility index (Phi) is 4.63. The van der Waals surface area contributed by atoms with Gasteiger partial charge in [-0.2, -0.15) is 0 Å². The van der Waals surface area contributed by atoms with E-state index in [9.17, 15) is 4.79 Å². The molecule has 0 aliphatic carbocycles. The van der Waals surface area contributed by atoms with Crippen LogP contribution in [0.2, 0.25) is 0 Å². The van der Waals surface area contributed by atoms with Crippen LogP contribution in [0.4, 0.5) is 0 Å². The average Bonchev–Trinajstić information content (AvgIpc) is 2.69. The van der Waals surface area contributed by atoms with Crippen LogP contribution in [0.3, 0.4) is 0 Å². The highest BCUT2D eigenvalue weighted by Crippen LogP contribution is 2.38. The monoisotopic (exact) mass is 335 g/mol. The first kappa shape index (κ1) is 16.1. The second-order valence-corrected chi connectivity index (χ2v) is 6.39. The molecule has 0 bridgehead atoms. The summed E-state index contributed by atoms with van der Waals surface area (Å²) in [4.78, 5) is 11.7. The Morgan fingerprint density at radius 2 is 2.00 bits per heavy atom. The second-order valence-electron chi connectivity index (χ2n) is 6.39. The molecule has 2 aromatic carbocycles. The molecular formula is C21H21NO3. The highest BCUT2D eigenvalue weighted by Gasteiger charge is 2.29. The molecule has 2 aromatic rings. The molecule has 2 heterocycles. The zero-order valence-electron chi connectivity index (χ0n) is 14.0. The zero-order chi connectivity index (χ0) is 17.1. The number of carbonyl (C=O) groups excluding carboxylic acids is 1. The van der Waals surface area contributed by atoms with E-state index in [1.165, 1.54) is 5.56 Å². The minimum Gasteiger partial charge on any atom is -0.459 e. The first-order valence-corrected chi connectivity index (χ1v) is 8.68. The number of para-hydroxylation sites is 1. The van der Waals surface area contributed by atoms with Crippen molar-refractivity contribution >= 4 is 6.29 Å². The summed E-state index contributed by atoms with van der Waals surface area (Å²) in [6.07, 6.45) is 3.49. The van der Waals surface area contributed by atoms with Gasteiger partial charge in [0.15, 0.2) is 0 Å². The van der Waals surface area contributed by atoms with Gasteiger partial charge in [-0.25, -0.2) is 0 Å². The summed E-state index contributed by atoms with van der Waals surface area (Å²) < 4.78 is 12.1. The lowest BCUT2D eigenvalue weighted by Crippen LogP contribution is -2.41. The van der Waals surface area contributed by atoms with Crippen LogP contribution in [0.5, 0.6) is 5.75 Å². The molecule has 128 valence electrons. The molecule has 0 radical (unpaired) electrons. The van der Waals surface area contributed by atoms with Crippen molar-refractivity contribution < 1.29 is 14.3 Å². The molecule has 0 spiro atoms. The fourth-order valence-electron chi connectivity index (χ4n) is 3.40. The Morgan fingerprint density at radius 1 is 1.12 bits per heavy atom. The normalized spacial score (nSPS) is 22.5. The molecule has 2 aliphatic rings. The standard InChI is InChI=1S/C21H21NO3/c23-14-17-12-19(20-13-22-9-10-24-20)25-21-16(7-4-8-18(17)21)11-15-5-2-1-3-6-15/h1-8,12,14,17,20,22H,9-11,13H2. The Morgan fingerprint density at radius 3 is 2.76 bits per heavy atom. The van der Waals surface area contributed by atoms with E-state index in [-0.39, 0.29) is 12.0 Å². The zero-order valence-corrected chi connectivity index (χ0v) is 14.0. The predicted octanol–water partition coefficient (Wildman–Crippen LogP) is 2.82. The van der Waals surface area contributed by atoms with Crippen molar-refractivity contribution in [1.82, 2.24) is 5.32 Å². The molecular weight excluding hydrogens is 314 g/mol. The van der Waals surface area contributed by atoms with Gasteiger partial charge >= 0.3 is 0 Å². The van der Waals surface area contributed by atoms with Gasteiger partial charge in [-0.3, -0.25) is 0 Å². The molecule has 1 N–H and O–H groups in total. The van der Waals surface area contributed by atoms with E-state index >= 15 is 0 Å². The SMILES string of the molecule is O=CC1C=C(C2CNCCO2)Oc2c(Cc3ccccc3)cccc21. The van der Waals surface area contributed by atoms with Crippen LogP contribution >= 0.6 is 0 Å². The highest BCUT2D eigenvalue weighted by atomic mass is 16.5. The van der Waals surface area contributed by atoms with E-state index in [1.807, 2.05) is 36.4 Å². The van der Waals surface area contributed by atoms with Gasteiger partial charge in [-0.15, -0.1) is 0 Å². The number of nitrogens with one attached hydrogen (secondary N) is 1. The molecule has 2 aliphatic heterocycles. The number of morpholine rings is 1. The second kappa shape index (κ2) is 7.21. The minimum atomic E-state index is -0.292. The predicted molar refractivity (Wildman–Crippen MR) is 95.8 cm³/mol. The van der Waals surface area contributed by atoms with Crippen LogP contribution in [0.15, 0.2) is 60.4 Å². The summed E-state index contributed by atoms with van der Waals surface area (Å²) in [5.74, 6) is 1.24. The summed E-state index contributed by atoms with van der Waals surface area (Å²) >= 11 is 0. The summed E-state index contributed by atoms with van der Waals surface area (Å²) in [6, 6.07) is 16.3. The van der Waals surface area contributed by atoms with Crippen LogP contribution in [-0.4, -0.2) is 32.1 Å². The molecule has 25 heavy (non-hydrogen) atoms. The lowest BCUT2D eigenvalue weighted by molar-refractivity contribution is -0.108. The first-order valence-electron chi connectivity index (χ1n) is 8.68. The summed E-state index contributed by atoms with van der Waals surface area (Å²) in [5.41, 5.74) is 3.23. The van der Waals surface area contributed by atoms with E-state index in [0.29, 0.717) is 13.2 Å². The van der Waals surface area contributed by atoms with Gasteiger partial charge in [0.1, 0.15) is 23.9 Å². The van der Waals surface area contributed by atoms with Crippen molar-refractivity contribution in [3.8, 4) is 5.75 Å². The molecule has 0 saturated carbocycles. The molecule has 1 fully saturated rings. The maximum Gasteiger partial charge on any atom is 0.134 e. The van der Waals surface area contributed by atoms with Gasteiger partial charge in [-0.1, -0.05) is 48.5 Å². The number of rotatable bonds is 4. The van der Waals surface area contributed by atoms with Gasteiger partial charge < -0.3 is 19.6 Å². The van der Waals surface area contributed by atoms with Gasteiger partial charge in [0.2, 0.25) is 0 Å². The minimum absolute atomic E-state index is 0.144. The fraction of sp³-hybridized carbons (Fsp3) is 0.286. The van der Waals surface area contributed by atoms with Crippen LogP contribution in [0, 0.1) is 0 Å². The topological polar surface area (TPSA) is 47.6 Å². The Hall–Kier alpha value is -2.43. The fourth-order valence-corrected chi connectivity index (χ4v) is 3.40. The molecule has 4 heteroatoms. The maximum absolute atomic E-state index is 11.7. The third kappa shape index (κ3) is 3.36. The molecule has 4 nitrogen and oxygen atoms in total. The number of hydrogen-bond donors (Lipinski definition) is 1. The van der Waals surface area contributed by atoms with Gasteiger partial charge in [0, 0.05) is 25.1 Å². The molecule has 2 atom stereocenters. The van der Waals surface area contributed by atoms with E-state index in [1.54, 1.807) is 0 Å². The quantitative estimate of drug-likeness (QED) is 0.873. The molecule has 0 amide bonds. The number of allylic oxidation sites excluding steroid dienone is 1. The number of fused-ring (bicyclic) bond motifs is 1. The van der Waals surface area contributed by atoms with Crippen LogP contribution in [-0.2, 0) is 16.0 Å². The lowest BCUT2D eigenvalue weighted by Gasteiger charge is -2.31. The van der Waals surface area contributed by atoms with Crippen molar-refractivity contribution in [2.45, 2.75) is 18.4 Å². The van der Waals surface area contributed by atoms with Crippen LogP contribution < -0.4 is 10.1 Å². The van der Waals surface area contributed by atoms with Crippen molar-refractivity contribution in [3.05, 3.63) is 77.1 Å². The Labute approximate surface area is 147 Å². The van der Waals surface area contributed by atoms with Gasteiger partial charge in [0.05, 0.1) is 12.5 Å². The number of carbonyl (C=O) groups is 1. The summed E-state index contributed by atoms with van der Waals surface area (Å²) in [7, 11) is 0. The molecule has 1 saturated heterocycles. The first-order chi connectivity index (χ1) is 12.3. The number of ether oxygens (including phenoxy) is 2. The van der Waals surface area contributed by atoms with Crippen molar-refractivity contribution in [2.75, 3.05) is 19.7 Å². The molecule has 2 unspecified atom stereocenters. The number of hydrogen-bond acceptors (Lipinski definition) is 4. The lowest BCUT2D eigenvalue weighted by atomic mass is 9.91. The van der Waals surface area contributed by atoms with Crippen molar-refractivity contribution in [2.24, 2.45) is 0 Å². The Bertz CT molecular complexity index is 779. The average molecular weight is 335 g/mol. The third-order valence-corrected chi connectivity index (χ3v) is 4.68. The van der Waals surface area contributed by atoms with E-state index in [4.69, 9.17) is 9.47 Å².